The smallest absolute Gasteiger partial charge is 0.335 e. The Bertz CT molecular complexity index is 985. The molecule has 352 valence electrons. The highest BCUT2D eigenvalue weighted by Gasteiger charge is 2.19. The molecule has 0 spiro atoms. The normalized spacial score (nSPS) is 11.4. The summed E-state index contributed by atoms with van der Waals surface area (Å²) in [4.78, 5) is 12.2. The van der Waals surface area contributed by atoms with Crippen molar-refractivity contribution >= 4 is 5.97 Å². The summed E-state index contributed by atoms with van der Waals surface area (Å²) in [5.41, 5.74) is 0.200. The fraction of sp³-hybridized carbons (Fsp3) is 0.873. The number of aromatic carboxylic acids is 1. The van der Waals surface area contributed by atoms with Crippen LogP contribution in [0, 0.1) is 0 Å². The summed E-state index contributed by atoms with van der Waals surface area (Å²) >= 11 is 0. The van der Waals surface area contributed by atoms with Gasteiger partial charge in [0.1, 0.15) is 0 Å². The lowest BCUT2D eigenvalue weighted by Crippen LogP contribution is -2.08. The number of unbranched alkanes of at least 4 members (excludes halogenated alkanes) is 39. The first-order valence-corrected chi connectivity index (χ1v) is 26.9. The van der Waals surface area contributed by atoms with Crippen molar-refractivity contribution in [3.63, 3.8) is 0 Å². The average molecular weight is 843 g/mol. The fourth-order valence-corrected chi connectivity index (χ4v) is 8.49. The number of rotatable bonds is 49. The number of carbonyl (C=O) groups is 1. The third-order valence-corrected chi connectivity index (χ3v) is 12.5. The van der Waals surface area contributed by atoms with Crippen molar-refractivity contribution in [2.45, 2.75) is 290 Å². The number of ether oxygens (including phenoxy) is 3. The Morgan fingerprint density at radius 3 is 0.750 bits per heavy atom. The zero-order chi connectivity index (χ0) is 43.2. The van der Waals surface area contributed by atoms with Gasteiger partial charge in [0.15, 0.2) is 11.5 Å². The van der Waals surface area contributed by atoms with E-state index in [2.05, 4.69) is 20.8 Å². The number of benzene rings is 1. The number of hydrogen-bond donors (Lipinski definition) is 1. The molecule has 1 rings (SSSR count). The molecule has 0 aliphatic rings. The summed E-state index contributed by atoms with van der Waals surface area (Å²) in [5.74, 6) is 0.665. The Labute approximate surface area is 374 Å². The fourth-order valence-electron chi connectivity index (χ4n) is 8.49. The molecule has 1 N–H and O–H groups in total. The van der Waals surface area contributed by atoms with Gasteiger partial charge in [0, 0.05) is 0 Å². The monoisotopic (exact) mass is 843 g/mol. The minimum atomic E-state index is -0.962. The van der Waals surface area contributed by atoms with Crippen LogP contribution < -0.4 is 14.2 Å². The zero-order valence-corrected chi connectivity index (χ0v) is 40.6. The van der Waals surface area contributed by atoms with Crippen LogP contribution >= 0.6 is 0 Å². The lowest BCUT2D eigenvalue weighted by molar-refractivity contribution is 0.0695. The SMILES string of the molecule is CCCCCCCCCCCCCCCCOc1cc(C(=O)O)cc(OCCCCCCCCCCCCCCCC)c1OCCCCCCCCCCCCCCCC. The van der Waals surface area contributed by atoms with Gasteiger partial charge >= 0.3 is 5.97 Å². The Morgan fingerprint density at radius 2 is 0.533 bits per heavy atom. The van der Waals surface area contributed by atoms with Gasteiger partial charge in [-0.15, -0.1) is 0 Å². The van der Waals surface area contributed by atoms with Crippen LogP contribution in [0.1, 0.15) is 301 Å². The molecule has 5 nitrogen and oxygen atoms in total. The van der Waals surface area contributed by atoms with Crippen LogP contribution in [0.2, 0.25) is 0 Å². The summed E-state index contributed by atoms with van der Waals surface area (Å²) in [6.45, 7) is 8.58. The summed E-state index contributed by atoms with van der Waals surface area (Å²) in [5, 5.41) is 10.00. The van der Waals surface area contributed by atoms with Crippen molar-refractivity contribution in [1.29, 1.82) is 0 Å². The minimum absolute atomic E-state index is 0.200. The second-order valence-corrected chi connectivity index (χ2v) is 18.4. The van der Waals surface area contributed by atoms with Gasteiger partial charge in [-0.3, -0.25) is 0 Å². The van der Waals surface area contributed by atoms with Crippen LogP contribution in [0.15, 0.2) is 12.1 Å². The second-order valence-electron chi connectivity index (χ2n) is 18.4. The first kappa shape index (κ1) is 56.1. The van der Waals surface area contributed by atoms with Crippen LogP contribution in [-0.2, 0) is 0 Å². The van der Waals surface area contributed by atoms with Crippen LogP contribution in [-0.4, -0.2) is 30.9 Å². The first-order chi connectivity index (χ1) is 29.6. The maximum absolute atomic E-state index is 12.2. The van der Waals surface area contributed by atoms with Crippen LogP contribution in [0.4, 0.5) is 0 Å². The van der Waals surface area contributed by atoms with E-state index in [9.17, 15) is 9.90 Å². The average Bonchev–Trinajstić information content (AvgIpc) is 3.25. The molecule has 0 unspecified atom stereocenters. The van der Waals surface area contributed by atoms with E-state index in [0.717, 1.165) is 38.5 Å². The zero-order valence-electron chi connectivity index (χ0n) is 40.6. The standard InChI is InChI=1S/C55H102O5/c1-4-7-10-13-16-19-22-25-28-31-34-37-40-43-46-58-52-49-51(55(56)57)50-53(59-47-44-41-38-35-32-29-26-23-20-17-14-11-8-5-2)54(52)60-48-45-42-39-36-33-30-27-24-21-18-15-12-9-6-3/h49-50H,4-48H2,1-3H3,(H,56,57). The maximum atomic E-state index is 12.2. The molecule has 0 aliphatic heterocycles. The highest BCUT2D eigenvalue weighted by atomic mass is 16.5. The summed E-state index contributed by atoms with van der Waals surface area (Å²) in [6, 6.07) is 3.29. The Morgan fingerprint density at radius 1 is 0.333 bits per heavy atom. The molecule has 5 heteroatoms. The molecule has 1 aromatic rings. The largest absolute Gasteiger partial charge is 0.490 e. The number of carboxylic acid groups (broad SMARTS) is 1. The van der Waals surface area contributed by atoms with E-state index in [-0.39, 0.29) is 5.56 Å². The molecule has 0 amide bonds. The molecule has 0 bridgehead atoms. The third kappa shape index (κ3) is 35.7. The van der Waals surface area contributed by atoms with Crippen molar-refractivity contribution in [2.75, 3.05) is 19.8 Å². The van der Waals surface area contributed by atoms with E-state index in [4.69, 9.17) is 14.2 Å². The molecule has 0 atom stereocenters. The number of carboxylic acids is 1. The molecule has 0 aromatic heterocycles. The molecule has 0 saturated heterocycles. The van der Waals surface area contributed by atoms with Gasteiger partial charge in [-0.25, -0.2) is 4.79 Å². The molecule has 60 heavy (non-hydrogen) atoms. The Balaban J connectivity index is 2.50. The molecule has 0 radical (unpaired) electrons. The maximum Gasteiger partial charge on any atom is 0.335 e. The summed E-state index contributed by atoms with van der Waals surface area (Å²) in [6.07, 6.45) is 55.4. The van der Waals surface area contributed by atoms with Crippen molar-refractivity contribution in [3.05, 3.63) is 17.7 Å². The topological polar surface area (TPSA) is 65.0 Å². The van der Waals surface area contributed by atoms with Gasteiger partial charge in [0.05, 0.1) is 25.4 Å². The third-order valence-electron chi connectivity index (χ3n) is 12.5. The highest BCUT2D eigenvalue weighted by molar-refractivity contribution is 5.89. The van der Waals surface area contributed by atoms with Gasteiger partial charge in [-0.2, -0.15) is 0 Å². The molecule has 0 fully saturated rings. The quantitative estimate of drug-likeness (QED) is 0.0662. The van der Waals surface area contributed by atoms with E-state index >= 15 is 0 Å². The van der Waals surface area contributed by atoms with Crippen LogP contribution in [0.5, 0.6) is 17.2 Å². The first-order valence-electron chi connectivity index (χ1n) is 26.9. The molecule has 0 aliphatic carbocycles. The van der Waals surface area contributed by atoms with Crippen molar-refractivity contribution in [2.24, 2.45) is 0 Å². The lowest BCUT2D eigenvalue weighted by atomic mass is 10.0. The minimum Gasteiger partial charge on any atom is -0.490 e. The Kier molecular flexibility index (Phi) is 42.2. The predicted octanol–water partition coefficient (Wildman–Crippen LogP) is 19.0. The summed E-state index contributed by atoms with van der Waals surface area (Å²) in [7, 11) is 0. The van der Waals surface area contributed by atoms with E-state index in [1.165, 1.54) is 231 Å². The number of hydrogen-bond acceptors (Lipinski definition) is 4. The van der Waals surface area contributed by atoms with Crippen LogP contribution in [0.25, 0.3) is 0 Å². The van der Waals surface area contributed by atoms with E-state index in [1.807, 2.05) is 0 Å². The van der Waals surface area contributed by atoms with Crippen molar-refractivity contribution in [1.82, 2.24) is 0 Å². The molecule has 0 heterocycles. The van der Waals surface area contributed by atoms with Crippen molar-refractivity contribution < 1.29 is 24.1 Å². The Hall–Kier alpha value is -1.91. The van der Waals surface area contributed by atoms with Gasteiger partial charge in [0.25, 0.3) is 0 Å². The second kappa shape index (κ2) is 45.1. The van der Waals surface area contributed by atoms with Crippen molar-refractivity contribution in [3.8, 4) is 17.2 Å². The molecule has 1 aromatic carbocycles. The molecule has 0 saturated carbocycles. The van der Waals surface area contributed by atoms with Gasteiger partial charge in [-0.1, -0.05) is 271 Å². The lowest BCUT2D eigenvalue weighted by Gasteiger charge is -2.18. The van der Waals surface area contributed by atoms with Gasteiger partial charge in [0.2, 0.25) is 5.75 Å². The van der Waals surface area contributed by atoms with E-state index in [1.54, 1.807) is 12.1 Å². The van der Waals surface area contributed by atoms with Crippen LogP contribution in [0.3, 0.4) is 0 Å². The van der Waals surface area contributed by atoms with Gasteiger partial charge in [-0.05, 0) is 31.4 Å². The molecular weight excluding hydrogens is 741 g/mol. The van der Waals surface area contributed by atoms with E-state index in [0.29, 0.717) is 37.1 Å². The predicted molar refractivity (Wildman–Crippen MR) is 261 cm³/mol. The highest BCUT2D eigenvalue weighted by Crippen LogP contribution is 2.40. The molecular formula is C55H102O5. The van der Waals surface area contributed by atoms with E-state index < -0.39 is 5.97 Å². The van der Waals surface area contributed by atoms with Gasteiger partial charge < -0.3 is 19.3 Å². The summed E-state index contributed by atoms with van der Waals surface area (Å²) < 4.78 is 19.0.